The lowest BCUT2D eigenvalue weighted by atomic mass is 10.1. The van der Waals surface area contributed by atoms with E-state index in [9.17, 15) is 8.78 Å². The molecule has 1 aromatic heterocycles. The lowest BCUT2D eigenvalue weighted by Crippen LogP contribution is -2.37. The molecule has 3 N–H and O–H groups in total. The highest BCUT2D eigenvalue weighted by Crippen LogP contribution is 2.20. The molecule has 0 radical (unpaired) electrons. The van der Waals surface area contributed by atoms with Crippen molar-refractivity contribution < 1.29 is 13.5 Å². The summed E-state index contributed by atoms with van der Waals surface area (Å²) in [6.07, 6.45) is 2.60. The molecule has 0 amide bonds. The lowest BCUT2D eigenvalue weighted by molar-refractivity contribution is 0.321. The zero-order valence-corrected chi connectivity index (χ0v) is 18.7. The van der Waals surface area contributed by atoms with Crippen molar-refractivity contribution >= 4 is 40.8 Å². The van der Waals surface area contributed by atoms with E-state index in [1.165, 1.54) is 18.2 Å². The summed E-state index contributed by atoms with van der Waals surface area (Å²) < 4.78 is 32.6. The van der Waals surface area contributed by atoms with E-state index in [4.69, 9.17) is 4.74 Å². The quantitative estimate of drug-likeness (QED) is 0.250. The molecule has 0 fully saturated rings. The van der Waals surface area contributed by atoms with Crippen LogP contribution in [0.3, 0.4) is 0 Å². The number of ether oxygens (including phenoxy) is 1. The van der Waals surface area contributed by atoms with Crippen molar-refractivity contribution in [3.05, 3.63) is 65.4 Å². The van der Waals surface area contributed by atoms with Crippen LogP contribution >= 0.6 is 24.0 Å². The Labute approximate surface area is 186 Å². The van der Waals surface area contributed by atoms with Crippen molar-refractivity contribution in [2.75, 3.05) is 20.2 Å². The average molecular weight is 514 g/mol. The third-order valence-corrected chi connectivity index (χ3v) is 4.40. The Bertz CT molecular complexity index is 974. The van der Waals surface area contributed by atoms with Crippen LogP contribution < -0.4 is 15.4 Å². The molecule has 3 rings (SSSR count). The van der Waals surface area contributed by atoms with Crippen LogP contribution in [0.5, 0.6) is 5.75 Å². The van der Waals surface area contributed by atoms with Crippen LogP contribution in [0.2, 0.25) is 0 Å². The fourth-order valence-corrected chi connectivity index (χ4v) is 3.01. The molecule has 0 aliphatic carbocycles. The third kappa shape index (κ3) is 6.06. The number of halogens is 3. The van der Waals surface area contributed by atoms with Gasteiger partial charge in [-0.25, -0.2) is 8.78 Å². The van der Waals surface area contributed by atoms with E-state index in [-0.39, 0.29) is 41.4 Å². The van der Waals surface area contributed by atoms with Gasteiger partial charge < -0.3 is 20.4 Å². The third-order valence-electron chi connectivity index (χ3n) is 4.40. The molecular formula is C21H25F2IN4O. The van der Waals surface area contributed by atoms with E-state index in [1.807, 2.05) is 19.2 Å². The second-order valence-corrected chi connectivity index (χ2v) is 6.30. The van der Waals surface area contributed by atoms with E-state index in [0.717, 1.165) is 22.0 Å². The standard InChI is InChI=1S/C21H24F2N4O.HI/c1-3-28-20-7-4-14(10-18(20)23)12-27-21(24-2)25-9-8-15-13-26-19-6-5-16(22)11-17(15)19;/h4-7,10-11,13,26H,3,8-9,12H2,1-2H3,(H2,24,25,27);1H. The number of H-pyrrole nitrogens is 1. The van der Waals surface area contributed by atoms with Crippen molar-refractivity contribution in [3.63, 3.8) is 0 Å². The fourth-order valence-electron chi connectivity index (χ4n) is 3.01. The van der Waals surface area contributed by atoms with Gasteiger partial charge in [0.15, 0.2) is 17.5 Å². The maximum Gasteiger partial charge on any atom is 0.191 e. The summed E-state index contributed by atoms with van der Waals surface area (Å²) in [6, 6.07) is 9.60. The van der Waals surface area contributed by atoms with Crippen LogP contribution in [0, 0.1) is 11.6 Å². The minimum absolute atomic E-state index is 0. The number of fused-ring (bicyclic) bond motifs is 1. The van der Waals surface area contributed by atoms with E-state index in [1.54, 1.807) is 19.2 Å². The summed E-state index contributed by atoms with van der Waals surface area (Å²) in [5, 5.41) is 7.25. The molecule has 0 unspecified atom stereocenters. The predicted molar refractivity (Wildman–Crippen MR) is 123 cm³/mol. The van der Waals surface area contributed by atoms with E-state index in [2.05, 4.69) is 20.6 Å². The number of nitrogens with zero attached hydrogens (tertiary/aromatic N) is 1. The molecule has 1 heterocycles. The molecule has 3 aromatic rings. The van der Waals surface area contributed by atoms with Crippen molar-refractivity contribution in [3.8, 4) is 5.75 Å². The van der Waals surface area contributed by atoms with Gasteiger partial charge in [-0.2, -0.15) is 0 Å². The average Bonchev–Trinajstić information content (AvgIpc) is 3.08. The molecule has 5 nitrogen and oxygen atoms in total. The van der Waals surface area contributed by atoms with Crippen molar-refractivity contribution in [2.24, 2.45) is 4.99 Å². The summed E-state index contributed by atoms with van der Waals surface area (Å²) in [5.41, 5.74) is 2.73. The second kappa shape index (κ2) is 11.0. The predicted octanol–water partition coefficient (Wildman–Crippen LogP) is 4.37. The number of aliphatic imine (C=N–C) groups is 1. The van der Waals surface area contributed by atoms with Gasteiger partial charge in [0.1, 0.15) is 5.82 Å². The molecule has 29 heavy (non-hydrogen) atoms. The molecule has 0 saturated heterocycles. The van der Waals surface area contributed by atoms with E-state index in [0.29, 0.717) is 32.1 Å². The second-order valence-electron chi connectivity index (χ2n) is 6.30. The summed E-state index contributed by atoms with van der Waals surface area (Å²) in [4.78, 5) is 7.32. The van der Waals surface area contributed by atoms with Crippen LogP contribution in [-0.2, 0) is 13.0 Å². The number of hydrogen-bond donors (Lipinski definition) is 3. The Morgan fingerprint density at radius 3 is 2.69 bits per heavy atom. The molecule has 8 heteroatoms. The number of aromatic amines is 1. The summed E-state index contributed by atoms with van der Waals surface area (Å²) in [6.45, 7) is 3.30. The topological polar surface area (TPSA) is 61.4 Å². The van der Waals surface area contributed by atoms with Gasteiger partial charge in [0.05, 0.1) is 6.61 Å². The summed E-state index contributed by atoms with van der Waals surface area (Å²) in [5.74, 6) is 0.237. The zero-order chi connectivity index (χ0) is 19.9. The maximum atomic E-state index is 13.9. The molecule has 0 atom stereocenters. The first kappa shape index (κ1) is 22.9. The molecule has 0 bridgehead atoms. The smallest absolute Gasteiger partial charge is 0.191 e. The zero-order valence-electron chi connectivity index (χ0n) is 16.4. The molecule has 0 spiro atoms. The lowest BCUT2D eigenvalue weighted by Gasteiger charge is -2.12. The van der Waals surface area contributed by atoms with Gasteiger partial charge in [0.25, 0.3) is 0 Å². The van der Waals surface area contributed by atoms with Crippen LogP contribution in [0.4, 0.5) is 8.78 Å². The minimum atomic E-state index is -0.379. The number of hydrogen-bond acceptors (Lipinski definition) is 2. The normalized spacial score (nSPS) is 11.2. The highest BCUT2D eigenvalue weighted by atomic mass is 127. The molecular weight excluding hydrogens is 489 g/mol. The van der Waals surface area contributed by atoms with Crippen LogP contribution in [0.1, 0.15) is 18.1 Å². The number of guanidine groups is 1. The largest absolute Gasteiger partial charge is 0.491 e. The molecule has 2 aromatic carbocycles. The van der Waals surface area contributed by atoms with Gasteiger partial charge in [-0.15, -0.1) is 24.0 Å². The molecule has 0 saturated carbocycles. The SMILES string of the molecule is CCOc1ccc(CNC(=NC)NCCc2c[nH]c3ccc(F)cc23)cc1F.I. The first-order valence-electron chi connectivity index (χ1n) is 9.22. The van der Waals surface area contributed by atoms with Crippen molar-refractivity contribution in [1.29, 1.82) is 0 Å². The fraction of sp³-hybridized carbons (Fsp3) is 0.286. The summed E-state index contributed by atoms with van der Waals surface area (Å²) >= 11 is 0. The Kier molecular flexibility index (Phi) is 8.69. The van der Waals surface area contributed by atoms with Crippen molar-refractivity contribution in [2.45, 2.75) is 19.9 Å². The summed E-state index contributed by atoms with van der Waals surface area (Å²) in [7, 11) is 1.68. The molecule has 0 aliphatic rings. The minimum Gasteiger partial charge on any atom is -0.491 e. The molecule has 0 aliphatic heterocycles. The van der Waals surface area contributed by atoms with Gasteiger partial charge in [-0.3, -0.25) is 4.99 Å². The first-order valence-corrected chi connectivity index (χ1v) is 9.22. The Balaban J connectivity index is 0.00000300. The van der Waals surface area contributed by atoms with Crippen LogP contribution in [-0.4, -0.2) is 31.1 Å². The molecule has 156 valence electrons. The van der Waals surface area contributed by atoms with Crippen LogP contribution in [0.15, 0.2) is 47.6 Å². The van der Waals surface area contributed by atoms with Crippen molar-refractivity contribution in [1.82, 2.24) is 15.6 Å². The van der Waals surface area contributed by atoms with E-state index >= 15 is 0 Å². The van der Waals surface area contributed by atoms with Gasteiger partial charge in [0, 0.05) is 37.2 Å². The monoisotopic (exact) mass is 514 g/mol. The van der Waals surface area contributed by atoms with Gasteiger partial charge in [-0.1, -0.05) is 6.07 Å². The van der Waals surface area contributed by atoms with Crippen LogP contribution in [0.25, 0.3) is 10.9 Å². The Morgan fingerprint density at radius 1 is 1.14 bits per heavy atom. The van der Waals surface area contributed by atoms with Gasteiger partial charge >= 0.3 is 0 Å². The number of benzene rings is 2. The highest BCUT2D eigenvalue weighted by molar-refractivity contribution is 14.0. The highest BCUT2D eigenvalue weighted by Gasteiger charge is 2.07. The first-order chi connectivity index (χ1) is 13.6. The van der Waals surface area contributed by atoms with Gasteiger partial charge in [0.2, 0.25) is 0 Å². The Hall–Kier alpha value is -2.36. The van der Waals surface area contributed by atoms with Gasteiger partial charge in [-0.05, 0) is 54.8 Å². The maximum absolute atomic E-state index is 13.9. The number of nitrogens with one attached hydrogen (secondary N) is 3. The number of rotatable bonds is 7. The number of aromatic nitrogens is 1. The Morgan fingerprint density at radius 2 is 1.97 bits per heavy atom. The van der Waals surface area contributed by atoms with E-state index < -0.39 is 0 Å².